The van der Waals surface area contributed by atoms with Crippen molar-refractivity contribution in [1.29, 1.82) is 0 Å². The van der Waals surface area contributed by atoms with Crippen LogP contribution in [0.3, 0.4) is 0 Å². The third-order valence-electron chi connectivity index (χ3n) is 5.94. The molecule has 12 nitrogen and oxygen atoms in total. The van der Waals surface area contributed by atoms with Crippen LogP contribution in [0.4, 0.5) is 17.3 Å². The molecule has 3 N–H and O–H groups in total. The number of imidazole rings is 1. The molecule has 0 spiro atoms. The number of carboxylic acid groups (broad SMARTS) is 1. The van der Waals surface area contributed by atoms with E-state index >= 15 is 0 Å². The number of carboxylic acids is 1. The molecule has 0 unspecified atom stereocenters. The second kappa shape index (κ2) is 9.21. The Balaban J connectivity index is 1.53. The summed E-state index contributed by atoms with van der Waals surface area (Å²) in [5, 5.41) is 24.0. The lowest BCUT2D eigenvalue weighted by molar-refractivity contribution is 0.0689. The van der Waals surface area contributed by atoms with Crippen LogP contribution in [-0.2, 0) is 13.6 Å². The Kier molecular flexibility index (Phi) is 5.92. The Morgan fingerprint density at radius 2 is 1.94 bits per heavy atom. The number of anilines is 3. The number of benzene rings is 1. The van der Waals surface area contributed by atoms with Gasteiger partial charge in [0.2, 0.25) is 0 Å². The van der Waals surface area contributed by atoms with E-state index in [4.69, 9.17) is 4.74 Å². The first kappa shape index (κ1) is 23.1. The lowest BCUT2D eigenvalue weighted by Crippen LogP contribution is -2.27. The number of hydrogen-bond acceptors (Lipinski definition) is 8. The summed E-state index contributed by atoms with van der Waals surface area (Å²) in [6.07, 6.45) is 3.44. The average molecular weight is 491 g/mol. The van der Waals surface area contributed by atoms with Crippen LogP contribution in [0.15, 0.2) is 42.6 Å². The fourth-order valence-electron chi connectivity index (χ4n) is 3.85. The predicted octanol–water partition coefficient (Wildman–Crippen LogP) is 2.44. The number of nitrogens with one attached hydrogen (secondary N) is 2. The molecule has 1 saturated carbocycles. The van der Waals surface area contributed by atoms with E-state index in [1.54, 1.807) is 14.2 Å². The first-order chi connectivity index (χ1) is 17.3. The molecular formula is C24H26N8O4. The highest BCUT2D eigenvalue weighted by molar-refractivity contribution is 5.94. The zero-order chi connectivity index (χ0) is 25.4. The van der Waals surface area contributed by atoms with E-state index in [0.29, 0.717) is 29.5 Å². The van der Waals surface area contributed by atoms with E-state index in [1.165, 1.54) is 21.5 Å². The fraction of sp³-hybridized carbons (Fsp3) is 0.292. The Hall–Kier alpha value is -4.61. The number of carbonyl (C=O) groups is 2. The van der Waals surface area contributed by atoms with Gasteiger partial charge in [-0.2, -0.15) is 5.10 Å². The Morgan fingerprint density at radius 3 is 2.58 bits per heavy atom. The number of fused-ring (bicyclic) bond motifs is 1. The van der Waals surface area contributed by atoms with Crippen LogP contribution in [0.2, 0.25) is 0 Å². The highest BCUT2D eigenvalue weighted by atomic mass is 16.5. The van der Waals surface area contributed by atoms with Gasteiger partial charge in [0, 0.05) is 38.8 Å². The van der Waals surface area contributed by atoms with Gasteiger partial charge in [0.05, 0.1) is 19.0 Å². The third-order valence-corrected chi connectivity index (χ3v) is 5.94. The van der Waals surface area contributed by atoms with Crippen molar-refractivity contribution in [3.8, 4) is 5.75 Å². The minimum atomic E-state index is -1.13. The van der Waals surface area contributed by atoms with Crippen LogP contribution in [0.5, 0.6) is 5.75 Å². The third kappa shape index (κ3) is 4.65. The molecule has 0 aliphatic heterocycles. The monoisotopic (exact) mass is 490 g/mol. The van der Waals surface area contributed by atoms with Gasteiger partial charge < -0.3 is 25.4 Å². The zero-order valence-corrected chi connectivity index (χ0v) is 20.1. The summed E-state index contributed by atoms with van der Waals surface area (Å²) in [7, 11) is 5.19. The van der Waals surface area contributed by atoms with Gasteiger partial charge in [-0.05, 0) is 30.5 Å². The Bertz CT molecular complexity index is 1440. The van der Waals surface area contributed by atoms with E-state index in [2.05, 4.69) is 25.8 Å². The van der Waals surface area contributed by atoms with Gasteiger partial charge in [0.1, 0.15) is 11.6 Å². The van der Waals surface area contributed by atoms with Gasteiger partial charge in [-0.1, -0.05) is 12.1 Å². The molecule has 0 atom stereocenters. The maximum atomic E-state index is 12.9. The van der Waals surface area contributed by atoms with Crippen molar-refractivity contribution < 1.29 is 19.4 Å². The van der Waals surface area contributed by atoms with Gasteiger partial charge in [0.25, 0.3) is 5.91 Å². The highest BCUT2D eigenvalue weighted by Gasteiger charge is 2.26. The van der Waals surface area contributed by atoms with Gasteiger partial charge in [-0.3, -0.25) is 9.48 Å². The molecule has 0 bridgehead atoms. The number of aryl methyl sites for hydroxylation is 1. The van der Waals surface area contributed by atoms with E-state index < -0.39 is 5.97 Å². The number of hydrogen-bond donors (Lipinski definition) is 3. The molecule has 5 rings (SSSR count). The minimum Gasteiger partial charge on any atom is -0.497 e. The van der Waals surface area contributed by atoms with Crippen LogP contribution < -0.4 is 20.3 Å². The topological polar surface area (TPSA) is 139 Å². The first-order valence-corrected chi connectivity index (χ1v) is 11.4. The predicted molar refractivity (Wildman–Crippen MR) is 132 cm³/mol. The van der Waals surface area contributed by atoms with Crippen molar-refractivity contribution in [3.63, 3.8) is 0 Å². The summed E-state index contributed by atoms with van der Waals surface area (Å²) in [5.74, 6) is 0.239. The summed E-state index contributed by atoms with van der Waals surface area (Å²) >= 11 is 0. The summed E-state index contributed by atoms with van der Waals surface area (Å²) in [5.41, 5.74) is 2.53. The van der Waals surface area contributed by atoms with Gasteiger partial charge in [-0.15, -0.1) is 5.10 Å². The number of amides is 1. The number of aromatic carboxylic acids is 1. The van der Waals surface area contributed by atoms with Crippen LogP contribution in [-0.4, -0.2) is 61.6 Å². The smallest absolute Gasteiger partial charge is 0.356 e. The number of carbonyl (C=O) groups excluding carboxylic acids is 1. The van der Waals surface area contributed by atoms with Crippen molar-refractivity contribution in [2.75, 3.05) is 24.4 Å². The number of aromatic nitrogens is 5. The fourth-order valence-corrected chi connectivity index (χ4v) is 3.85. The van der Waals surface area contributed by atoms with Gasteiger partial charge >= 0.3 is 5.97 Å². The molecule has 1 aliphatic carbocycles. The second-order valence-electron chi connectivity index (χ2n) is 8.71. The molecule has 186 valence electrons. The molecule has 1 fully saturated rings. The number of ether oxygens (including phenoxy) is 1. The quantitative estimate of drug-likeness (QED) is 0.323. The minimum absolute atomic E-state index is 0.0925. The normalized spacial score (nSPS) is 13.0. The number of rotatable bonds is 9. The molecule has 3 aromatic heterocycles. The summed E-state index contributed by atoms with van der Waals surface area (Å²) < 4.78 is 8.18. The Morgan fingerprint density at radius 1 is 1.19 bits per heavy atom. The molecule has 0 saturated heterocycles. The van der Waals surface area contributed by atoms with Crippen molar-refractivity contribution in [1.82, 2.24) is 29.7 Å². The zero-order valence-electron chi connectivity index (χ0n) is 20.1. The van der Waals surface area contributed by atoms with E-state index in [9.17, 15) is 14.7 Å². The van der Waals surface area contributed by atoms with Crippen molar-refractivity contribution in [2.45, 2.75) is 25.4 Å². The van der Waals surface area contributed by atoms with Crippen LogP contribution >= 0.6 is 0 Å². The van der Waals surface area contributed by atoms with E-state index in [-0.39, 0.29) is 17.6 Å². The first-order valence-electron chi connectivity index (χ1n) is 11.4. The molecule has 0 radical (unpaired) electrons. The van der Waals surface area contributed by atoms with Crippen LogP contribution in [0, 0.1) is 0 Å². The number of nitrogens with zero attached hydrogens (tertiary/aromatic N) is 6. The standard InChI is InChI=1S/C24H26N8O4/c1-30(13-14-4-8-16(36-3)9-5-14)18-11-20(27-21-10-17(24(34)35)28-31(21)2)29-32-19(12-25-22(18)32)23(33)26-15-6-7-15/h4-5,8-12,15H,6-7,13H2,1-3H3,(H,26,33)(H,27,29)(H,34,35). The molecule has 3 heterocycles. The molecule has 1 aromatic carbocycles. The molecule has 4 aromatic rings. The Labute approximate surface area is 206 Å². The average Bonchev–Trinajstić information content (AvgIpc) is 3.44. The van der Waals surface area contributed by atoms with E-state index in [1.807, 2.05) is 42.3 Å². The van der Waals surface area contributed by atoms with Gasteiger partial charge in [-0.25, -0.2) is 14.3 Å². The number of methoxy groups -OCH3 is 1. The SMILES string of the molecule is COc1ccc(CN(C)c2cc(Nc3cc(C(=O)O)nn3C)nn3c(C(=O)NC4CC4)cnc23)cc1. The van der Waals surface area contributed by atoms with Crippen molar-refractivity contribution in [2.24, 2.45) is 7.05 Å². The summed E-state index contributed by atoms with van der Waals surface area (Å²) in [6, 6.07) is 11.2. The lowest BCUT2D eigenvalue weighted by Gasteiger charge is -2.21. The maximum Gasteiger partial charge on any atom is 0.356 e. The van der Waals surface area contributed by atoms with Crippen LogP contribution in [0.1, 0.15) is 39.4 Å². The molecule has 1 aliphatic rings. The van der Waals surface area contributed by atoms with Crippen molar-refractivity contribution in [3.05, 3.63) is 59.5 Å². The molecule has 12 heteroatoms. The van der Waals surface area contributed by atoms with E-state index in [0.717, 1.165) is 29.8 Å². The lowest BCUT2D eigenvalue weighted by atomic mass is 10.2. The maximum absolute atomic E-state index is 12.9. The molecule has 1 amide bonds. The summed E-state index contributed by atoms with van der Waals surface area (Å²) in [4.78, 5) is 30.7. The van der Waals surface area contributed by atoms with Crippen molar-refractivity contribution >= 4 is 34.8 Å². The summed E-state index contributed by atoms with van der Waals surface area (Å²) in [6.45, 7) is 0.564. The molecule has 36 heavy (non-hydrogen) atoms. The van der Waals surface area contributed by atoms with Gasteiger partial charge in [0.15, 0.2) is 22.9 Å². The second-order valence-corrected chi connectivity index (χ2v) is 8.71. The highest BCUT2D eigenvalue weighted by Crippen LogP contribution is 2.28. The van der Waals surface area contributed by atoms with Crippen LogP contribution in [0.25, 0.3) is 5.65 Å². The largest absolute Gasteiger partial charge is 0.497 e. The molecular weight excluding hydrogens is 464 g/mol.